The molecule has 2 unspecified atom stereocenters. The molecular weight excluding hydrogens is 533 g/mol. The third kappa shape index (κ3) is 5.81. The van der Waals surface area contributed by atoms with E-state index in [-0.39, 0.29) is 50.8 Å². The van der Waals surface area contributed by atoms with Crippen molar-refractivity contribution in [3.8, 4) is 11.3 Å². The zero-order valence-corrected chi connectivity index (χ0v) is 22.6. The largest absolute Gasteiger partial charge is 0.365 e. The van der Waals surface area contributed by atoms with Crippen molar-refractivity contribution < 1.29 is 32.3 Å². The van der Waals surface area contributed by atoms with E-state index in [9.17, 15) is 27.6 Å². The number of amides is 2. The molecular formula is C27H31F3N4O4S. The van der Waals surface area contributed by atoms with E-state index in [1.54, 1.807) is 24.3 Å². The van der Waals surface area contributed by atoms with Crippen LogP contribution in [0.1, 0.15) is 43.5 Å². The zero-order chi connectivity index (χ0) is 27.9. The van der Waals surface area contributed by atoms with Crippen LogP contribution in [0.25, 0.3) is 11.3 Å². The van der Waals surface area contributed by atoms with E-state index in [2.05, 4.69) is 10.3 Å². The van der Waals surface area contributed by atoms with Gasteiger partial charge in [-0.2, -0.15) is 0 Å². The summed E-state index contributed by atoms with van der Waals surface area (Å²) in [5, 5.41) is 5.31. The third-order valence-electron chi connectivity index (χ3n) is 7.42. The maximum absolute atomic E-state index is 14.4. The number of thiazole rings is 1. The van der Waals surface area contributed by atoms with Crippen molar-refractivity contribution in [3.63, 3.8) is 0 Å². The Bertz CT molecular complexity index is 1230. The van der Waals surface area contributed by atoms with Crippen molar-refractivity contribution in [3.05, 3.63) is 35.2 Å². The minimum Gasteiger partial charge on any atom is -0.365 e. The Kier molecular flexibility index (Phi) is 7.69. The number of hydrogen-bond donors (Lipinski definition) is 1. The first-order chi connectivity index (χ1) is 18.5. The van der Waals surface area contributed by atoms with Crippen molar-refractivity contribution in [1.82, 2.24) is 15.2 Å². The fourth-order valence-corrected chi connectivity index (χ4v) is 6.21. The van der Waals surface area contributed by atoms with Gasteiger partial charge in [0, 0.05) is 42.4 Å². The van der Waals surface area contributed by atoms with E-state index in [1.807, 2.05) is 24.1 Å². The molecule has 5 rings (SSSR count). The average Bonchev–Trinajstić information content (AvgIpc) is 3.61. The van der Waals surface area contributed by atoms with Crippen LogP contribution in [0.3, 0.4) is 0 Å². The number of piperidine rings is 1. The van der Waals surface area contributed by atoms with Crippen LogP contribution >= 0.6 is 11.3 Å². The van der Waals surface area contributed by atoms with Crippen molar-refractivity contribution in [2.45, 2.75) is 63.4 Å². The summed E-state index contributed by atoms with van der Waals surface area (Å²) in [7, 11) is 0. The lowest BCUT2D eigenvalue weighted by molar-refractivity contribution is -0.138. The number of fused-ring (bicyclic) bond motifs is 1. The van der Waals surface area contributed by atoms with Gasteiger partial charge in [-0.15, -0.1) is 11.3 Å². The molecule has 8 nitrogen and oxygen atoms in total. The molecule has 3 fully saturated rings. The number of likely N-dealkylation sites (tertiary alicyclic amines) is 1. The first-order valence-corrected chi connectivity index (χ1v) is 14.0. The molecule has 0 bridgehead atoms. The summed E-state index contributed by atoms with van der Waals surface area (Å²) < 4.78 is 46.6. The minimum absolute atomic E-state index is 0.0571. The average molecular weight is 565 g/mol. The van der Waals surface area contributed by atoms with Crippen molar-refractivity contribution in [1.29, 1.82) is 0 Å². The van der Waals surface area contributed by atoms with Gasteiger partial charge >= 0.3 is 0 Å². The summed E-state index contributed by atoms with van der Waals surface area (Å²) in [4.78, 5) is 46.4. The van der Waals surface area contributed by atoms with Crippen LogP contribution in [-0.4, -0.2) is 84.0 Å². The number of nitrogens with zero attached hydrogens (tertiary/aromatic N) is 3. The highest BCUT2D eigenvalue weighted by Gasteiger charge is 2.53. The van der Waals surface area contributed by atoms with Gasteiger partial charge in [-0.25, -0.2) is 18.2 Å². The number of hydrogen-bond acceptors (Lipinski definition) is 7. The molecule has 4 atom stereocenters. The van der Waals surface area contributed by atoms with E-state index in [1.165, 1.54) is 16.2 Å². The lowest BCUT2D eigenvalue weighted by Crippen LogP contribution is -2.52. The predicted octanol–water partition coefficient (Wildman–Crippen LogP) is 3.71. The number of aromatic nitrogens is 1. The molecule has 3 aliphatic rings. The van der Waals surface area contributed by atoms with Crippen LogP contribution in [0.5, 0.6) is 0 Å². The Morgan fingerprint density at radius 2 is 1.90 bits per heavy atom. The normalized spacial score (nSPS) is 25.2. The van der Waals surface area contributed by atoms with Gasteiger partial charge in [0.2, 0.25) is 5.91 Å². The highest BCUT2D eigenvalue weighted by molar-refractivity contribution is 7.14. The number of rotatable bonds is 7. The summed E-state index contributed by atoms with van der Waals surface area (Å²) in [6.45, 7) is 3.86. The molecule has 4 heterocycles. The standard InChI is InChI=1S/C27H31F3N4O4S/c1-15(2)11-19(25(37)34-12-18(28)23-22(34)21(35)13-38-23)31-24(36)17-5-3-16(4-6-17)20-14-39-26(32-20)33-9-7-27(29,30)8-10-33/h3-6,14-15,18-19,22-23H,7-13H2,1-2H3,(H,31,36)/t18-,19-,22?,23?/m0/s1. The molecule has 1 aromatic heterocycles. The Labute approximate surface area is 228 Å². The Balaban J connectivity index is 1.25. The molecule has 0 saturated carbocycles. The number of Topliss-reactive ketones (excluding diaryl/α,β-unsaturated/α-hetero) is 1. The number of carbonyl (C=O) groups excluding carboxylic acids is 3. The second-order valence-corrected chi connectivity index (χ2v) is 11.6. The van der Waals surface area contributed by atoms with Crippen LogP contribution in [0.4, 0.5) is 18.3 Å². The SMILES string of the molecule is CC(C)C[C@H](NC(=O)c1ccc(-c2csc(N3CCC(F)(F)CC3)n2)cc1)C(=O)N1C[C@H](F)C2OCC(=O)C21. The summed E-state index contributed by atoms with van der Waals surface area (Å²) in [5.74, 6) is -3.85. The van der Waals surface area contributed by atoms with Crippen LogP contribution in [0.2, 0.25) is 0 Å². The summed E-state index contributed by atoms with van der Waals surface area (Å²) in [6.07, 6.45) is -2.46. The maximum Gasteiger partial charge on any atom is 0.251 e. The Hall–Kier alpha value is -2.99. The number of nitrogens with one attached hydrogen (secondary N) is 1. The van der Waals surface area contributed by atoms with Crippen LogP contribution in [-0.2, 0) is 14.3 Å². The number of anilines is 1. The first kappa shape index (κ1) is 27.6. The van der Waals surface area contributed by atoms with Gasteiger partial charge in [-0.05, 0) is 24.5 Å². The molecule has 12 heteroatoms. The van der Waals surface area contributed by atoms with Gasteiger partial charge in [0.05, 0.1) is 12.2 Å². The van der Waals surface area contributed by atoms with Gasteiger partial charge < -0.3 is 19.9 Å². The molecule has 0 radical (unpaired) electrons. The number of carbonyl (C=O) groups is 3. The van der Waals surface area contributed by atoms with E-state index in [4.69, 9.17) is 4.74 Å². The molecule has 1 aromatic carbocycles. The highest BCUT2D eigenvalue weighted by atomic mass is 32.1. The summed E-state index contributed by atoms with van der Waals surface area (Å²) in [5.41, 5.74) is 1.78. The quantitative estimate of drug-likeness (QED) is 0.552. The third-order valence-corrected chi connectivity index (χ3v) is 8.32. The monoisotopic (exact) mass is 564 g/mol. The van der Waals surface area contributed by atoms with E-state index >= 15 is 0 Å². The second-order valence-electron chi connectivity index (χ2n) is 10.8. The number of halogens is 3. The van der Waals surface area contributed by atoms with Gasteiger partial charge in [0.25, 0.3) is 11.8 Å². The number of ether oxygens (including phenoxy) is 1. The van der Waals surface area contributed by atoms with Crippen molar-refractivity contribution in [2.24, 2.45) is 5.92 Å². The molecule has 39 heavy (non-hydrogen) atoms. The molecule has 210 valence electrons. The van der Waals surface area contributed by atoms with E-state index in [0.717, 1.165) is 5.56 Å². The van der Waals surface area contributed by atoms with Gasteiger partial charge in [-0.3, -0.25) is 14.4 Å². The highest BCUT2D eigenvalue weighted by Crippen LogP contribution is 2.34. The first-order valence-electron chi connectivity index (χ1n) is 13.1. The topological polar surface area (TPSA) is 91.8 Å². The predicted molar refractivity (Wildman–Crippen MR) is 140 cm³/mol. The maximum atomic E-state index is 14.4. The molecule has 1 N–H and O–H groups in total. The molecule has 3 aliphatic heterocycles. The lowest BCUT2D eigenvalue weighted by atomic mass is 10.0. The van der Waals surface area contributed by atoms with Gasteiger partial charge in [-0.1, -0.05) is 26.0 Å². The Morgan fingerprint density at radius 3 is 2.56 bits per heavy atom. The summed E-state index contributed by atoms with van der Waals surface area (Å²) >= 11 is 1.39. The smallest absolute Gasteiger partial charge is 0.251 e. The lowest BCUT2D eigenvalue weighted by Gasteiger charge is -2.31. The van der Waals surface area contributed by atoms with Crippen molar-refractivity contribution >= 4 is 34.1 Å². The molecule has 0 spiro atoms. The Morgan fingerprint density at radius 1 is 1.21 bits per heavy atom. The number of alkyl halides is 3. The fraction of sp³-hybridized carbons (Fsp3) is 0.556. The molecule has 2 amide bonds. The second kappa shape index (κ2) is 10.9. The van der Waals surface area contributed by atoms with E-state index in [0.29, 0.717) is 22.8 Å². The van der Waals surface area contributed by atoms with Crippen molar-refractivity contribution in [2.75, 3.05) is 31.1 Å². The van der Waals surface area contributed by atoms with Gasteiger partial charge in [0.1, 0.15) is 31.0 Å². The zero-order valence-electron chi connectivity index (χ0n) is 21.7. The number of ketones is 1. The fourth-order valence-electron chi connectivity index (χ4n) is 5.32. The minimum atomic E-state index is -2.62. The molecule has 3 saturated heterocycles. The van der Waals surface area contributed by atoms with Gasteiger partial charge in [0.15, 0.2) is 10.9 Å². The van der Waals surface area contributed by atoms with Crippen LogP contribution in [0, 0.1) is 5.92 Å². The van der Waals surface area contributed by atoms with Crippen LogP contribution in [0.15, 0.2) is 29.6 Å². The van der Waals surface area contributed by atoms with Crippen LogP contribution < -0.4 is 10.2 Å². The summed E-state index contributed by atoms with van der Waals surface area (Å²) in [6, 6.07) is 4.85. The molecule has 2 aromatic rings. The molecule has 0 aliphatic carbocycles. The number of benzene rings is 1. The van der Waals surface area contributed by atoms with E-state index < -0.39 is 42.1 Å².